The van der Waals surface area contributed by atoms with Gasteiger partial charge in [-0.15, -0.1) is 12.4 Å². The maximum atomic E-state index is 12.2. The largest absolute Gasteiger partial charge is 0.379 e. The molecule has 0 aromatic carbocycles. The summed E-state index contributed by atoms with van der Waals surface area (Å²) in [6.07, 6.45) is 0. The summed E-state index contributed by atoms with van der Waals surface area (Å²) in [4.78, 5) is 0. The number of ether oxygens (including phenoxy) is 1. The molecular formula is C9H20ClN3O3S. The summed E-state index contributed by atoms with van der Waals surface area (Å²) in [6, 6.07) is -0.0455. The molecule has 0 aliphatic carbocycles. The molecule has 6 nitrogen and oxygen atoms in total. The normalized spacial score (nSPS) is 32.4. The Kier molecular flexibility index (Phi) is 5.18. The average molecular weight is 286 g/mol. The summed E-state index contributed by atoms with van der Waals surface area (Å²) in [5, 5.41) is 0. The summed E-state index contributed by atoms with van der Waals surface area (Å²) >= 11 is 0. The van der Waals surface area contributed by atoms with E-state index < -0.39 is 10.2 Å². The van der Waals surface area contributed by atoms with E-state index in [-0.39, 0.29) is 24.4 Å². The van der Waals surface area contributed by atoms with Gasteiger partial charge in [0.05, 0.1) is 13.2 Å². The van der Waals surface area contributed by atoms with Crippen molar-refractivity contribution >= 4 is 22.6 Å². The zero-order valence-electron chi connectivity index (χ0n) is 9.91. The first-order chi connectivity index (χ1) is 7.51. The predicted octanol–water partition coefficient (Wildman–Crippen LogP) is -0.736. The van der Waals surface area contributed by atoms with E-state index in [9.17, 15) is 8.42 Å². The Morgan fingerprint density at radius 2 is 1.76 bits per heavy atom. The van der Waals surface area contributed by atoms with Crippen LogP contribution < -0.4 is 5.73 Å². The second-order valence-corrected chi connectivity index (χ2v) is 6.41. The van der Waals surface area contributed by atoms with Gasteiger partial charge in [0.2, 0.25) is 0 Å². The maximum absolute atomic E-state index is 12.2. The molecule has 2 fully saturated rings. The van der Waals surface area contributed by atoms with E-state index in [0.29, 0.717) is 39.4 Å². The summed E-state index contributed by atoms with van der Waals surface area (Å²) in [5.74, 6) is 0.232. The molecule has 102 valence electrons. The lowest BCUT2D eigenvalue weighted by atomic mass is 10.1. The van der Waals surface area contributed by atoms with Crippen molar-refractivity contribution in [3.8, 4) is 0 Å². The van der Waals surface area contributed by atoms with Crippen LogP contribution >= 0.6 is 12.4 Å². The Balaban J connectivity index is 0.00000144. The van der Waals surface area contributed by atoms with Gasteiger partial charge in [0.1, 0.15) is 0 Å². The van der Waals surface area contributed by atoms with Gasteiger partial charge in [-0.05, 0) is 5.92 Å². The van der Waals surface area contributed by atoms with E-state index in [2.05, 4.69) is 0 Å². The molecule has 0 bridgehead atoms. The first-order valence-electron chi connectivity index (χ1n) is 5.60. The highest BCUT2D eigenvalue weighted by Gasteiger charge is 2.38. The van der Waals surface area contributed by atoms with Crippen molar-refractivity contribution in [3.05, 3.63) is 0 Å². The third-order valence-electron chi connectivity index (χ3n) is 3.26. The van der Waals surface area contributed by atoms with Gasteiger partial charge in [-0.25, -0.2) is 0 Å². The second kappa shape index (κ2) is 5.81. The molecule has 2 saturated heterocycles. The van der Waals surface area contributed by atoms with Crippen LogP contribution in [0.2, 0.25) is 0 Å². The quantitative estimate of drug-likeness (QED) is 0.725. The molecule has 0 aromatic rings. The lowest BCUT2D eigenvalue weighted by molar-refractivity contribution is 0.0705. The Morgan fingerprint density at radius 3 is 2.24 bits per heavy atom. The molecule has 2 heterocycles. The molecule has 0 aromatic heterocycles. The third-order valence-corrected chi connectivity index (χ3v) is 5.23. The summed E-state index contributed by atoms with van der Waals surface area (Å²) in [6.45, 7) is 4.80. The zero-order valence-corrected chi connectivity index (χ0v) is 11.5. The molecular weight excluding hydrogens is 266 g/mol. The van der Waals surface area contributed by atoms with Crippen LogP contribution in [0.25, 0.3) is 0 Å². The molecule has 2 aliphatic rings. The van der Waals surface area contributed by atoms with Crippen LogP contribution in [-0.2, 0) is 14.9 Å². The van der Waals surface area contributed by atoms with E-state index in [0.717, 1.165) is 0 Å². The molecule has 17 heavy (non-hydrogen) atoms. The van der Waals surface area contributed by atoms with Crippen molar-refractivity contribution in [2.24, 2.45) is 11.7 Å². The Hall–Kier alpha value is 0.0800. The topological polar surface area (TPSA) is 75.9 Å². The predicted molar refractivity (Wildman–Crippen MR) is 67.3 cm³/mol. The molecule has 8 heteroatoms. The molecule has 2 atom stereocenters. The summed E-state index contributed by atoms with van der Waals surface area (Å²) < 4.78 is 32.6. The highest BCUT2D eigenvalue weighted by Crippen LogP contribution is 2.20. The van der Waals surface area contributed by atoms with E-state index in [1.165, 1.54) is 8.61 Å². The third kappa shape index (κ3) is 3.10. The van der Waals surface area contributed by atoms with Crippen molar-refractivity contribution < 1.29 is 13.2 Å². The Labute approximate surface area is 109 Å². The fourth-order valence-electron chi connectivity index (χ4n) is 2.08. The minimum Gasteiger partial charge on any atom is -0.379 e. The van der Waals surface area contributed by atoms with Gasteiger partial charge >= 0.3 is 0 Å². The standard InChI is InChI=1S/C9H19N3O3S.ClH/c1-8-6-12(7-9(8)10)16(13,14)11-2-4-15-5-3-11;/h8-9H,2-7,10H2,1H3;1H. The smallest absolute Gasteiger partial charge is 0.282 e. The van der Waals surface area contributed by atoms with Crippen LogP contribution in [0.4, 0.5) is 0 Å². The second-order valence-electron chi connectivity index (χ2n) is 4.48. The molecule has 0 radical (unpaired) electrons. The first kappa shape index (κ1) is 15.1. The van der Waals surface area contributed by atoms with Crippen LogP contribution in [0.5, 0.6) is 0 Å². The van der Waals surface area contributed by atoms with Crippen LogP contribution in [-0.4, -0.2) is 62.5 Å². The molecule has 0 amide bonds. The molecule has 2 aliphatic heterocycles. The SMILES string of the molecule is CC1CN(S(=O)(=O)N2CCOCC2)CC1N.Cl. The van der Waals surface area contributed by atoms with Crippen molar-refractivity contribution in [1.29, 1.82) is 0 Å². The van der Waals surface area contributed by atoms with Crippen LogP contribution in [0.15, 0.2) is 0 Å². The van der Waals surface area contributed by atoms with Gasteiger partial charge < -0.3 is 10.5 Å². The van der Waals surface area contributed by atoms with E-state index in [1.807, 2.05) is 6.92 Å². The molecule has 2 unspecified atom stereocenters. The summed E-state index contributed by atoms with van der Waals surface area (Å²) in [5.41, 5.74) is 5.85. The van der Waals surface area contributed by atoms with Crippen molar-refractivity contribution in [3.63, 3.8) is 0 Å². The first-order valence-corrected chi connectivity index (χ1v) is 7.00. The monoisotopic (exact) mass is 285 g/mol. The van der Waals surface area contributed by atoms with E-state index in [1.54, 1.807) is 0 Å². The van der Waals surface area contributed by atoms with Crippen LogP contribution in [0.1, 0.15) is 6.92 Å². The van der Waals surface area contributed by atoms with Crippen molar-refractivity contribution in [2.45, 2.75) is 13.0 Å². The van der Waals surface area contributed by atoms with Crippen LogP contribution in [0, 0.1) is 5.92 Å². The van der Waals surface area contributed by atoms with Gasteiger partial charge in [0, 0.05) is 32.2 Å². The maximum Gasteiger partial charge on any atom is 0.282 e. The van der Waals surface area contributed by atoms with Crippen molar-refractivity contribution in [2.75, 3.05) is 39.4 Å². The number of nitrogens with two attached hydrogens (primary N) is 1. The van der Waals surface area contributed by atoms with Crippen molar-refractivity contribution in [1.82, 2.24) is 8.61 Å². The van der Waals surface area contributed by atoms with Gasteiger partial charge in [-0.2, -0.15) is 17.0 Å². The highest BCUT2D eigenvalue weighted by atomic mass is 35.5. The lowest BCUT2D eigenvalue weighted by Gasteiger charge is -2.30. The fraction of sp³-hybridized carbons (Fsp3) is 1.00. The lowest BCUT2D eigenvalue weighted by Crippen LogP contribution is -2.48. The molecule has 2 rings (SSSR count). The van der Waals surface area contributed by atoms with E-state index in [4.69, 9.17) is 10.5 Å². The van der Waals surface area contributed by atoms with Gasteiger partial charge in [0.25, 0.3) is 10.2 Å². The molecule has 2 N–H and O–H groups in total. The number of hydrogen-bond donors (Lipinski definition) is 1. The number of halogens is 1. The zero-order chi connectivity index (χ0) is 11.8. The van der Waals surface area contributed by atoms with Gasteiger partial charge in [-0.3, -0.25) is 0 Å². The fourth-order valence-corrected chi connectivity index (χ4v) is 3.80. The van der Waals surface area contributed by atoms with E-state index >= 15 is 0 Å². The number of rotatable bonds is 2. The minimum atomic E-state index is -3.32. The minimum absolute atomic E-state index is 0. The number of nitrogens with zero attached hydrogens (tertiary/aromatic N) is 2. The average Bonchev–Trinajstić information content (AvgIpc) is 2.61. The molecule has 0 spiro atoms. The van der Waals surface area contributed by atoms with Crippen LogP contribution in [0.3, 0.4) is 0 Å². The number of morpholine rings is 1. The molecule has 0 saturated carbocycles. The highest BCUT2D eigenvalue weighted by molar-refractivity contribution is 7.86. The summed E-state index contributed by atoms with van der Waals surface area (Å²) in [7, 11) is -3.32. The Morgan fingerprint density at radius 1 is 1.18 bits per heavy atom. The van der Waals surface area contributed by atoms with Gasteiger partial charge in [-0.1, -0.05) is 6.92 Å². The Bertz CT molecular complexity index is 335. The van der Waals surface area contributed by atoms with Gasteiger partial charge in [0.15, 0.2) is 0 Å². The number of hydrogen-bond acceptors (Lipinski definition) is 4.